The van der Waals surface area contributed by atoms with E-state index >= 15 is 0 Å². The van der Waals surface area contributed by atoms with Crippen molar-refractivity contribution in [1.82, 2.24) is 5.32 Å². The summed E-state index contributed by atoms with van der Waals surface area (Å²) >= 11 is 0. The van der Waals surface area contributed by atoms with E-state index in [1.165, 1.54) is 0 Å². The molecule has 0 spiro atoms. The van der Waals surface area contributed by atoms with Gasteiger partial charge in [-0.15, -0.1) is 0 Å². The smallest absolute Gasteiger partial charge is 0.139 e. The van der Waals surface area contributed by atoms with Crippen LogP contribution in [0.3, 0.4) is 0 Å². The van der Waals surface area contributed by atoms with E-state index in [-0.39, 0.29) is 6.10 Å². The van der Waals surface area contributed by atoms with Crippen LogP contribution in [0.25, 0.3) is 0 Å². The molecular weight excluding hydrogens is 121 g/mol. The summed E-state index contributed by atoms with van der Waals surface area (Å²) < 4.78 is 17.5. The molecule has 0 bridgehead atoms. The van der Waals surface area contributed by atoms with Crippen LogP contribution in [0.15, 0.2) is 0 Å². The summed E-state index contributed by atoms with van der Waals surface area (Å²) in [5.41, 5.74) is 0. The Kier molecular flexibility index (Phi) is 2.42. The van der Waals surface area contributed by atoms with Crippen molar-refractivity contribution in [2.75, 3.05) is 20.2 Å². The van der Waals surface area contributed by atoms with Gasteiger partial charge in [0, 0.05) is 13.7 Å². The maximum atomic E-state index is 12.7. The molecule has 2 nitrogen and oxygen atoms in total. The molecule has 3 heteroatoms. The predicted molar refractivity (Wildman–Crippen MR) is 33.2 cm³/mol. The minimum Gasteiger partial charge on any atom is -0.378 e. The van der Waals surface area contributed by atoms with Gasteiger partial charge < -0.3 is 10.1 Å². The molecule has 0 saturated carbocycles. The van der Waals surface area contributed by atoms with Gasteiger partial charge in [-0.25, -0.2) is 4.39 Å². The summed E-state index contributed by atoms with van der Waals surface area (Å²) in [6, 6.07) is 0. The monoisotopic (exact) mass is 133 g/mol. The average molecular weight is 133 g/mol. The topological polar surface area (TPSA) is 21.3 Å². The molecule has 0 aromatic heterocycles. The molecule has 0 aromatic carbocycles. The van der Waals surface area contributed by atoms with Crippen LogP contribution >= 0.6 is 0 Å². The Morgan fingerprint density at radius 1 is 1.67 bits per heavy atom. The third-order valence-corrected chi connectivity index (χ3v) is 1.65. The fourth-order valence-corrected chi connectivity index (χ4v) is 1.06. The maximum Gasteiger partial charge on any atom is 0.139 e. The highest BCUT2D eigenvalue weighted by atomic mass is 19.1. The molecule has 0 aliphatic carbocycles. The molecule has 1 aliphatic heterocycles. The van der Waals surface area contributed by atoms with E-state index < -0.39 is 6.17 Å². The second-order valence-corrected chi connectivity index (χ2v) is 2.28. The van der Waals surface area contributed by atoms with Gasteiger partial charge in [0.1, 0.15) is 6.17 Å². The molecule has 0 radical (unpaired) electrons. The third kappa shape index (κ3) is 1.63. The molecule has 1 rings (SSSR count). The van der Waals surface area contributed by atoms with Gasteiger partial charge in [0.05, 0.1) is 6.10 Å². The molecule has 0 unspecified atom stereocenters. The summed E-state index contributed by atoms with van der Waals surface area (Å²) in [6.07, 6.45) is -0.201. The molecule has 1 saturated heterocycles. The first kappa shape index (κ1) is 6.96. The quantitative estimate of drug-likeness (QED) is 0.556. The number of hydrogen-bond acceptors (Lipinski definition) is 2. The van der Waals surface area contributed by atoms with Gasteiger partial charge in [0.2, 0.25) is 0 Å². The van der Waals surface area contributed by atoms with Crippen molar-refractivity contribution >= 4 is 0 Å². The van der Waals surface area contributed by atoms with Gasteiger partial charge >= 0.3 is 0 Å². The van der Waals surface area contributed by atoms with Gasteiger partial charge in [0.15, 0.2) is 0 Å². The van der Waals surface area contributed by atoms with Crippen molar-refractivity contribution in [3.8, 4) is 0 Å². The van der Waals surface area contributed by atoms with Crippen molar-refractivity contribution in [3.05, 3.63) is 0 Å². The lowest BCUT2D eigenvalue weighted by Crippen LogP contribution is -2.42. The third-order valence-electron chi connectivity index (χ3n) is 1.65. The largest absolute Gasteiger partial charge is 0.378 e. The fourth-order valence-electron chi connectivity index (χ4n) is 1.06. The summed E-state index contributed by atoms with van der Waals surface area (Å²) in [5, 5.41) is 2.94. The maximum absolute atomic E-state index is 12.7. The zero-order valence-electron chi connectivity index (χ0n) is 5.56. The number of halogens is 1. The van der Waals surface area contributed by atoms with Crippen molar-refractivity contribution in [3.63, 3.8) is 0 Å². The van der Waals surface area contributed by atoms with E-state index in [1.807, 2.05) is 0 Å². The lowest BCUT2D eigenvalue weighted by molar-refractivity contribution is 0.0132. The van der Waals surface area contributed by atoms with Gasteiger partial charge in [0.25, 0.3) is 0 Å². The minimum atomic E-state index is -0.816. The molecule has 54 valence electrons. The first-order valence-corrected chi connectivity index (χ1v) is 3.22. The Bertz CT molecular complexity index is 89.1. The van der Waals surface area contributed by atoms with Crippen molar-refractivity contribution in [2.45, 2.75) is 18.7 Å². The van der Waals surface area contributed by atoms with Crippen molar-refractivity contribution < 1.29 is 9.13 Å². The number of rotatable bonds is 1. The van der Waals surface area contributed by atoms with E-state index in [4.69, 9.17) is 4.74 Å². The van der Waals surface area contributed by atoms with Gasteiger partial charge in [-0.3, -0.25) is 0 Å². The number of alkyl halides is 1. The zero-order valence-corrected chi connectivity index (χ0v) is 5.56. The molecule has 0 aromatic rings. The van der Waals surface area contributed by atoms with Crippen molar-refractivity contribution in [2.24, 2.45) is 0 Å². The molecule has 1 heterocycles. The Morgan fingerprint density at radius 3 is 2.89 bits per heavy atom. The minimum absolute atomic E-state index is 0.175. The van der Waals surface area contributed by atoms with E-state index in [0.29, 0.717) is 6.54 Å². The molecule has 1 N–H and O–H groups in total. The first-order chi connectivity index (χ1) is 4.34. The SMILES string of the molecule is CO[C@H]1CCNC[C@H]1F. The van der Waals surface area contributed by atoms with Crippen LogP contribution in [-0.4, -0.2) is 32.5 Å². The van der Waals surface area contributed by atoms with Crippen LogP contribution in [0.2, 0.25) is 0 Å². The van der Waals surface area contributed by atoms with E-state index in [0.717, 1.165) is 13.0 Å². The highest BCUT2D eigenvalue weighted by molar-refractivity contribution is 4.77. The molecule has 0 amide bonds. The Hall–Kier alpha value is -0.150. The predicted octanol–water partition coefficient (Wildman–Crippen LogP) is 0.333. The highest BCUT2D eigenvalue weighted by Crippen LogP contribution is 2.09. The van der Waals surface area contributed by atoms with E-state index in [9.17, 15) is 4.39 Å². The standard InChI is InChI=1S/C6H12FNO/c1-9-6-2-3-8-4-5(6)7/h5-6,8H,2-4H2,1H3/t5-,6+/m1/s1. The van der Waals surface area contributed by atoms with Crippen molar-refractivity contribution in [1.29, 1.82) is 0 Å². The summed E-state index contributed by atoms with van der Waals surface area (Å²) in [6.45, 7) is 1.32. The second-order valence-electron chi connectivity index (χ2n) is 2.28. The van der Waals surface area contributed by atoms with Crippen LogP contribution in [0.5, 0.6) is 0 Å². The Morgan fingerprint density at radius 2 is 2.44 bits per heavy atom. The zero-order chi connectivity index (χ0) is 6.69. The molecule has 2 atom stereocenters. The lowest BCUT2D eigenvalue weighted by Gasteiger charge is -2.24. The molecule has 1 fully saturated rings. The van der Waals surface area contributed by atoms with Crippen LogP contribution in [0, 0.1) is 0 Å². The first-order valence-electron chi connectivity index (χ1n) is 3.22. The summed E-state index contributed by atoms with van der Waals surface area (Å²) in [4.78, 5) is 0. The van der Waals surface area contributed by atoms with Crippen LogP contribution in [-0.2, 0) is 4.74 Å². The van der Waals surface area contributed by atoms with E-state index in [2.05, 4.69) is 5.32 Å². The fraction of sp³-hybridized carbons (Fsp3) is 1.00. The molecular formula is C6H12FNO. The van der Waals surface area contributed by atoms with Gasteiger partial charge in [-0.2, -0.15) is 0 Å². The number of hydrogen-bond donors (Lipinski definition) is 1. The lowest BCUT2D eigenvalue weighted by atomic mass is 10.1. The van der Waals surface area contributed by atoms with Crippen LogP contribution in [0.4, 0.5) is 4.39 Å². The van der Waals surface area contributed by atoms with E-state index in [1.54, 1.807) is 7.11 Å². The van der Waals surface area contributed by atoms with Crippen LogP contribution < -0.4 is 5.32 Å². The molecule has 1 aliphatic rings. The summed E-state index contributed by atoms with van der Waals surface area (Å²) in [7, 11) is 1.56. The number of nitrogens with one attached hydrogen (secondary N) is 1. The number of ether oxygens (including phenoxy) is 1. The second kappa shape index (κ2) is 3.13. The normalized spacial score (nSPS) is 36.7. The Labute approximate surface area is 54.4 Å². The average Bonchev–Trinajstić information content (AvgIpc) is 1.89. The van der Waals surface area contributed by atoms with Gasteiger partial charge in [-0.05, 0) is 13.0 Å². The van der Waals surface area contributed by atoms with Crippen LogP contribution in [0.1, 0.15) is 6.42 Å². The number of piperidine rings is 1. The summed E-state index contributed by atoms with van der Waals surface area (Å²) in [5.74, 6) is 0. The molecule has 9 heavy (non-hydrogen) atoms. The Balaban J connectivity index is 2.30. The van der Waals surface area contributed by atoms with Gasteiger partial charge in [-0.1, -0.05) is 0 Å². The highest BCUT2D eigenvalue weighted by Gasteiger charge is 2.23. The number of methoxy groups -OCH3 is 1.